The fraction of sp³-hybridized carbons (Fsp3) is 0.950. The van der Waals surface area contributed by atoms with E-state index in [0.29, 0.717) is 19.3 Å². The summed E-state index contributed by atoms with van der Waals surface area (Å²) in [4.78, 5) is 39.9. The van der Waals surface area contributed by atoms with Crippen LogP contribution in [0.5, 0.6) is 0 Å². The Morgan fingerprint density at radius 1 is 0.319 bits per heavy atom. The molecule has 5 atom stereocenters. The van der Waals surface area contributed by atoms with Crippen LogP contribution in [0, 0.1) is 0 Å². The van der Waals surface area contributed by atoms with Crippen molar-refractivity contribution >= 4 is 17.9 Å². The van der Waals surface area contributed by atoms with Crippen molar-refractivity contribution < 1.29 is 43.5 Å². The van der Waals surface area contributed by atoms with Gasteiger partial charge in [0.1, 0.15) is 6.10 Å². The Kier molecular flexibility index (Phi) is 47.2. The number of hydrogen-bond acceptors (Lipinski definition) is 9. The summed E-state index contributed by atoms with van der Waals surface area (Å²) in [5, 5.41) is 21.4. The maximum absolute atomic E-state index is 13.4. The van der Waals surface area contributed by atoms with E-state index in [0.717, 1.165) is 57.8 Å². The number of esters is 3. The van der Waals surface area contributed by atoms with Gasteiger partial charge in [0.05, 0.1) is 6.61 Å². The standard InChI is InChI=1S/C60H114O9/c1-4-7-10-13-16-19-22-25-28-31-34-37-40-43-46-49-54(62)67-57-53(52-61)66-60(65)59(69-56(64)51-48-45-42-39-36-33-30-27-24-21-18-15-12-9-6-3)58(57)68-55(63)50-47-44-41-38-35-32-29-26-23-20-17-14-11-8-5-2/h53,57-61,65H,4-52H2,1-3H3. The molecule has 1 aliphatic heterocycles. The fourth-order valence-corrected chi connectivity index (χ4v) is 10.00. The minimum absolute atomic E-state index is 0.161. The number of hydrogen-bond donors (Lipinski definition) is 2. The Hall–Kier alpha value is -1.71. The largest absolute Gasteiger partial charge is 0.455 e. The average Bonchev–Trinajstić information content (AvgIpc) is 3.34. The highest BCUT2D eigenvalue weighted by atomic mass is 16.7. The second-order valence-corrected chi connectivity index (χ2v) is 21.2. The summed E-state index contributed by atoms with van der Waals surface area (Å²) in [5.41, 5.74) is 0. The molecule has 0 spiro atoms. The van der Waals surface area contributed by atoms with Crippen LogP contribution in [0.25, 0.3) is 0 Å². The van der Waals surface area contributed by atoms with Gasteiger partial charge in [-0.25, -0.2) is 0 Å². The molecule has 0 aromatic heterocycles. The van der Waals surface area contributed by atoms with E-state index in [-0.39, 0.29) is 19.3 Å². The molecule has 69 heavy (non-hydrogen) atoms. The first-order valence-electron chi connectivity index (χ1n) is 30.4. The molecule has 0 aliphatic carbocycles. The van der Waals surface area contributed by atoms with Gasteiger partial charge in [0.15, 0.2) is 24.6 Å². The van der Waals surface area contributed by atoms with Crippen LogP contribution in [0.3, 0.4) is 0 Å². The van der Waals surface area contributed by atoms with Crippen molar-refractivity contribution in [3.8, 4) is 0 Å². The lowest BCUT2D eigenvalue weighted by molar-refractivity contribution is -0.296. The Morgan fingerprint density at radius 2 is 0.522 bits per heavy atom. The van der Waals surface area contributed by atoms with E-state index >= 15 is 0 Å². The number of unbranched alkanes of at least 4 members (excludes halogenated alkanes) is 42. The van der Waals surface area contributed by atoms with Gasteiger partial charge in [-0.15, -0.1) is 0 Å². The Balaban J connectivity index is 2.58. The first-order chi connectivity index (χ1) is 33.9. The third-order valence-electron chi connectivity index (χ3n) is 14.5. The summed E-state index contributed by atoms with van der Waals surface area (Å²) in [6.45, 7) is 6.22. The summed E-state index contributed by atoms with van der Waals surface area (Å²) >= 11 is 0. The highest BCUT2D eigenvalue weighted by molar-refractivity contribution is 5.71. The topological polar surface area (TPSA) is 129 Å². The number of carbonyl (C=O) groups excluding carboxylic acids is 3. The lowest BCUT2D eigenvalue weighted by Gasteiger charge is -2.42. The molecule has 1 aliphatic rings. The summed E-state index contributed by atoms with van der Waals surface area (Å²) < 4.78 is 23.3. The molecule has 0 amide bonds. The van der Waals surface area contributed by atoms with Gasteiger partial charge >= 0.3 is 17.9 Å². The first-order valence-corrected chi connectivity index (χ1v) is 30.4. The van der Waals surface area contributed by atoms with Gasteiger partial charge in [-0.2, -0.15) is 0 Å². The molecule has 0 aromatic rings. The van der Waals surface area contributed by atoms with E-state index in [1.165, 1.54) is 212 Å². The van der Waals surface area contributed by atoms with E-state index in [9.17, 15) is 24.6 Å². The molecular formula is C60H114O9. The summed E-state index contributed by atoms with van der Waals surface area (Å²) in [6, 6.07) is 0. The number of rotatable bonds is 52. The lowest BCUT2D eigenvalue weighted by Crippen LogP contribution is -2.62. The number of ether oxygens (including phenoxy) is 4. The smallest absolute Gasteiger partial charge is 0.306 e. The second kappa shape index (κ2) is 49.9. The molecule has 9 heteroatoms. The first kappa shape index (κ1) is 65.3. The molecule has 9 nitrogen and oxygen atoms in total. The molecule has 0 aromatic carbocycles. The normalized spacial score (nSPS) is 18.1. The zero-order valence-electron chi connectivity index (χ0n) is 45.8. The van der Waals surface area contributed by atoms with Gasteiger partial charge in [-0.05, 0) is 19.3 Å². The van der Waals surface area contributed by atoms with Gasteiger partial charge in [0.2, 0.25) is 0 Å². The highest BCUT2D eigenvalue weighted by Crippen LogP contribution is 2.29. The molecule has 0 saturated carbocycles. The number of carbonyl (C=O) groups is 3. The van der Waals surface area contributed by atoms with Gasteiger partial charge in [-0.1, -0.05) is 290 Å². The molecular weight excluding hydrogens is 865 g/mol. The van der Waals surface area contributed by atoms with E-state index in [1.807, 2.05) is 0 Å². The van der Waals surface area contributed by atoms with Crippen molar-refractivity contribution in [2.75, 3.05) is 6.61 Å². The molecule has 0 radical (unpaired) electrons. The maximum atomic E-state index is 13.4. The molecule has 5 unspecified atom stereocenters. The van der Waals surface area contributed by atoms with Crippen LogP contribution in [-0.4, -0.2) is 65.4 Å². The Labute approximate surface area is 426 Å². The van der Waals surface area contributed by atoms with Crippen molar-refractivity contribution in [2.24, 2.45) is 0 Å². The molecule has 1 rings (SSSR count). The minimum atomic E-state index is -1.65. The third-order valence-corrected chi connectivity index (χ3v) is 14.5. The van der Waals surface area contributed by atoms with Crippen LogP contribution in [0.2, 0.25) is 0 Å². The molecule has 1 fully saturated rings. The zero-order valence-corrected chi connectivity index (χ0v) is 45.8. The fourth-order valence-electron chi connectivity index (χ4n) is 10.00. The summed E-state index contributed by atoms with van der Waals surface area (Å²) in [6.07, 6.45) is 48.9. The van der Waals surface area contributed by atoms with Crippen molar-refractivity contribution in [3.63, 3.8) is 0 Å². The van der Waals surface area contributed by atoms with Crippen molar-refractivity contribution in [2.45, 2.75) is 360 Å². The monoisotopic (exact) mass is 979 g/mol. The van der Waals surface area contributed by atoms with E-state index < -0.39 is 55.2 Å². The van der Waals surface area contributed by atoms with Crippen LogP contribution < -0.4 is 0 Å². The van der Waals surface area contributed by atoms with Crippen molar-refractivity contribution in [3.05, 3.63) is 0 Å². The van der Waals surface area contributed by atoms with Gasteiger partial charge in [0, 0.05) is 19.3 Å². The van der Waals surface area contributed by atoms with E-state index in [4.69, 9.17) is 18.9 Å². The molecule has 408 valence electrons. The van der Waals surface area contributed by atoms with Crippen LogP contribution in [0.1, 0.15) is 329 Å². The Morgan fingerprint density at radius 3 is 0.754 bits per heavy atom. The quantitative estimate of drug-likeness (QED) is 0.0348. The zero-order chi connectivity index (χ0) is 50.1. The van der Waals surface area contributed by atoms with Crippen LogP contribution in [-0.2, 0) is 33.3 Å². The van der Waals surface area contributed by atoms with Crippen LogP contribution >= 0.6 is 0 Å². The van der Waals surface area contributed by atoms with E-state index in [1.54, 1.807) is 0 Å². The van der Waals surface area contributed by atoms with Crippen LogP contribution in [0.15, 0.2) is 0 Å². The second-order valence-electron chi connectivity index (χ2n) is 21.2. The maximum Gasteiger partial charge on any atom is 0.306 e. The van der Waals surface area contributed by atoms with Crippen molar-refractivity contribution in [1.82, 2.24) is 0 Å². The van der Waals surface area contributed by atoms with Gasteiger partial charge in [0.25, 0.3) is 0 Å². The van der Waals surface area contributed by atoms with Gasteiger partial charge < -0.3 is 29.2 Å². The van der Waals surface area contributed by atoms with Crippen molar-refractivity contribution in [1.29, 1.82) is 0 Å². The van der Waals surface area contributed by atoms with E-state index in [2.05, 4.69) is 20.8 Å². The van der Waals surface area contributed by atoms with Gasteiger partial charge in [-0.3, -0.25) is 14.4 Å². The number of aliphatic hydroxyl groups excluding tert-OH is 2. The lowest BCUT2D eigenvalue weighted by atomic mass is 9.98. The Bertz CT molecular complexity index is 1130. The highest BCUT2D eigenvalue weighted by Gasteiger charge is 2.51. The summed E-state index contributed by atoms with van der Waals surface area (Å²) in [5.74, 6) is -1.52. The molecule has 1 saturated heterocycles. The van der Waals surface area contributed by atoms with Crippen LogP contribution in [0.4, 0.5) is 0 Å². The summed E-state index contributed by atoms with van der Waals surface area (Å²) in [7, 11) is 0. The minimum Gasteiger partial charge on any atom is -0.455 e. The molecule has 0 bridgehead atoms. The predicted molar refractivity (Wildman–Crippen MR) is 286 cm³/mol. The SMILES string of the molecule is CCCCCCCCCCCCCCCCCC(=O)OC1C(O)OC(CO)C(OC(=O)CCCCCCCCCCCCCCCCC)C1OC(=O)CCCCCCCCCCCCCCCCC. The number of aliphatic hydroxyl groups is 2. The third kappa shape index (κ3) is 39.5. The molecule has 1 heterocycles. The predicted octanol–water partition coefficient (Wildman–Crippen LogP) is 17.2. The molecule has 2 N–H and O–H groups in total. The average molecular weight is 980 g/mol.